The maximum atomic E-state index is 10.9. The van der Waals surface area contributed by atoms with E-state index in [2.05, 4.69) is 9.68 Å². The zero-order valence-corrected chi connectivity index (χ0v) is 9.75. The van der Waals surface area contributed by atoms with Gasteiger partial charge < -0.3 is 4.52 Å². The van der Waals surface area contributed by atoms with E-state index in [1.165, 1.54) is 6.29 Å². The minimum absolute atomic E-state index is 0.0185. The molecular weight excluding hydrogens is 265 g/mol. The molecule has 0 saturated heterocycles. The summed E-state index contributed by atoms with van der Waals surface area (Å²) in [4.78, 5) is 21.4. The molecule has 0 atom stereocenters. The van der Waals surface area contributed by atoms with Crippen molar-refractivity contribution in [1.82, 2.24) is 5.16 Å². The third-order valence-electron chi connectivity index (χ3n) is 2.14. The van der Waals surface area contributed by atoms with Crippen molar-refractivity contribution in [1.29, 1.82) is 0 Å². The van der Waals surface area contributed by atoms with Gasteiger partial charge in [0.05, 0.1) is 15.6 Å². The monoisotopic (exact) mass is 268 g/mol. The lowest BCUT2D eigenvalue weighted by molar-refractivity contribution is 0.112. The van der Waals surface area contributed by atoms with Crippen molar-refractivity contribution in [3.8, 4) is 11.3 Å². The van der Waals surface area contributed by atoms with Gasteiger partial charge in [0.25, 0.3) is 6.29 Å². The summed E-state index contributed by atoms with van der Waals surface area (Å²) in [6, 6.07) is 4.84. The van der Waals surface area contributed by atoms with E-state index in [-0.39, 0.29) is 17.0 Å². The second-order valence-corrected chi connectivity index (χ2v) is 3.90. The Kier molecular flexibility index (Phi) is 3.26. The molecule has 4 nitrogen and oxygen atoms in total. The molecule has 0 fully saturated rings. The van der Waals surface area contributed by atoms with E-state index < -0.39 is 0 Å². The van der Waals surface area contributed by atoms with Crippen LogP contribution in [0.4, 0.5) is 0 Å². The highest BCUT2D eigenvalue weighted by Gasteiger charge is 2.21. The molecule has 1 heterocycles. The Morgan fingerprint density at radius 1 is 1.29 bits per heavy atom. The lowest BCUT2D eigenvalue weighted by atomic mass is 10.1. The molecule has 2 rings (SSSR count). The number of aldehydes is 1. The van der Waals surface area contributed by atoms with Crippen molar-refractivity contribution in [3.63, 3.8) is 0 Å². The van der Waals surface area contributed by atoms with Crippen molar-refractivity contribution in [2.75, 3.05) is 0 Å². The van der Waals surface area contributed by atoms with Crippen LogP contribution in [0.5, 0.6) is 0 Å². The smallest absolute Gasteiger partial charge is 0.275 e. The van der Waals surface area contributed by atoms with Gasteiger partial charge in [0.1, 0.15) is 5.69 Å². The Hall–Kier alpha value is -1.65. The molecule has 85 valence electrons. The molecule has 0 N–H and O–H groups in total. The molecule has 0 aliphatic carbocycles. The first-order valence-electron chi connectivity index (χ1n) is 4.46. The summed E-state index contributed by atoms with van der Waals surface area (Å²) in [6.45, 7) is 0. The number of aromatic nitrogens is 1. The Bertz CT molecular complexity index is 572. The zero-order valence-electron chi connectivity index (χ0n) is 8.24. The van der Waals surface area contributed by atoms with E-state index in [4.69, 9.17) is 23.2 Å². The molecule has 0 amide bonds. The number of hydrogen-bond donors (Lipinski definition) is 0. The fourth-order valence-electron chi connectivity index (χ4n) is 1.38. The zero-order chi connectivity index (χ0) is 12.4. The van der Waals surface area contributed by atoms with Gasteiger partial charge in [-0.1, -0.05) is 34.4 Å². The number of nitrogens with zero attached hydrogens (tertiary/aromatic N) is 1. The van der Waals surface area contributed by atoms with Gasteiger partial charge in [-0.05, 0) is 12.1 Å². The van der Waals surface area contributed by atoms with Crippen LogP contribution in [-0.4, -0.2) is 17.7 Å². The third-order valence-corrected chi connectivity index (χ3v) is 2.77. The molecule has 0 aliphatic heterocycles. The summed E-state index contributed by atoms with van der Waals surface area (Å²) in [5, 5.41) is 4.23. The quantitative estimate of drug-likeness (QED) is 0.804. The topological polar surface area (TPSA) is 60.2 Å². The minimum Gasteiger partial charge on any atom is -0.351 e. The summed E-state index contributed by atoms with van der Waals surface area (Å²) in [5.74, 6) is -0.272. The molecule has 1 aromatic carbocycles. The molecule has 2 aromatic rings. The van der Waals surface area contributed by atoms with Gasteiger partial charge in [-0.15, -0.1) is 0 Å². The molecule has 0 unspecified atom stereocenters. The van der Waals surface area contributed by atoms with E-state index in [1.54, 1.807) is 18.2 Å². The summed E-state index contributed by atoms with van der Waals surface area (Å²) in [7, 11) is 0. The molecule has 0 bridgehead atoms. The largest absolute Gasteiger partial charge is 0.351 e. The molecule has 0 saturated carbocycles. The molecule has 0 spiro atoms. The molecule has 6 heteroatoms. The molecular formula is C11H4Cl2NO3. The lowest BCUT2D eigenvalue weighted by Gasteiger charge is -2.02. The van der Waals surface area contributed by atoms with Crippen LogP contribution in [0.1, 0.15) is 16.1 Å². The van der Waals surface area contributed by atoms with E-state index in [0.717, 1.165) is 0 Å². The highest BCUT2D eigenvalue weighted by atomic mass is 35.5. The van der Waals surface area contributed by atoms with E-state index in [1.807, 2.05) is 0 Å². The lowest BCUT2D eigenvalue weighted by Crippen LogP contribution is -1.90. The number of carbonyl (C=O) groups excluding carboxylic acids is 2. The first-order valence-corrected chi connectivity index (χ1v) is 5.22. The normalized spacial score (nSPS) is 10.2. The van der Waals surface area contributed by atoms with Crippen LogP contribution in [0.2, 0.25) is 10.0 Å². The average Bonchev–Trinajstić information content (AvgIpc) is 2.71. The summed E-state index contributed by atoms with van der Waals surface area (Å²) in [6.07, 6.45) is 1.93. The van der Waals surface area contributed by atoms with Crippen LogP contribution in [0, 0.1) is 0 Å². The number of halogens is 2. The predicted molar refractivity (Wildman–Crippen MR) is 62.1 cm³/mol. The van der Waals surface area contributed by atoms with E-state index in [0.29, 0.717) is 21.9 Å². The predicted octanol–water partition coefficient (Wildman–Crippen LogP) is 2.92. The van der Waals surface area contributed by atoms with Crippen molar-refractivity contribution in [2.24, 2.45) is 0 Å². The van der Waals surface area contributed by atoms with E-state index in [9.17, 15) is 9.59 Å². The first-order chi connectivity index (χ1) is 8.19. The van der Waals surface area contributed by atoms with Gasteiger partial charge in [0.2, 0.25) is 5.76 Å². The van der Waals surface area contributed by atoms with Gasteiger partial charge in [-0.2, -0.15) is 0 Å². The van der Waals surface area contributed by atoms with Crippen LogP contribution in [-0.2, 0) is 4.79 Å². The van der Waals surface area contributed by atoms with E-state index >= 15 is 0 Å². The fourth-order valence-corrected chi connectivity index (χ4v) is 1.96. The number of hydrogen-bond acceptors (Lipinski definition) is 4. The standard InChI is InChI=1S/C11H4Cl2NO3/c12-7-2-1-3-8(13)10(7)11-6(4-15)9(5-16)17-14-11/h1-4H. The molecule has 0 aliphatic rings. The highest BCUT2D eigenvalue weighted by Crippen LogP contribution is 2.35. The first kappa shape index (κ1) is 11.8. The Morgan fingerprint density at radius 3 is 2.47 bits per heavy atom. The Labute approximate surface area is 106 Å². The maximum Gasteiger partial charge on any atom is 0.275 e. The molecule has 1 aromatic heterocycles. The second-order valence-electron chi connectivity index (χ2n) is 3.09. The van der Waals surface area contributed by atoms with Crippen molar-refractivity contribution < 1.29 is 14.1 Å². The summed E-state index contributed by atoms with van der Waals surface area (Å²) in [5.41, 5.74) is 0.465. The SMILES string of the molecule is O=[C]c1onc(-c2c(Cl)cccc2Cl)c1C=O. The average molecular weight is 269 g/mol. The van der Waals surface area contributed by atoms with Gasteiger partial charge in [0.15, 0.2) is 6.29 Å². The summed E-state index contributed by atoms with van der Waals surface area (Å²) < 4.78 is 4.68. The van der Waals surface area contributed by atoms with Gasteiger partial charge in [-0.25, -0.2) is 0 Å². The van der Waals surface area contributed by atoms with Crippen LogP contribution < -0.4 is 0 Å². The number of benzene rings is 1. The molecule has 1 radical (unpaired) electrons. The Morgan fingerprint density at radius 2 is 1.94 bits per heavy atom. The van der Waals surface area contributed by atoms with Crippen LogP contribution in [0.15, 0.2) is 22.7 Å². The van der Waals surface area contributed by atoms with Crippen molar-refractivity contribution in [3.05, 3.63) is 39.6 Å². The highest BCUT2D eigenvalue weighted by molar-refractivity contribution is 6.39. The maximum absolute atomic E-state index is 10.9. The second kappa shape index (κ2) is 4.69. The number of rotatable bonds is 3. The van der Waals surface area contributed by atoms with Crippen LogP contribution in [0.25, 0.3) is 11.3 Å². The minimum atomic E-state index is -0.272. The van der Waals surface area contributed by atoms with Crippen molar-refractivity contribution in [2.45, 2.75) is 0 Å². The number of carbonyl (C=O) groups is 1. The van der Waals surface area contributed by atoms with Crippen LogP contribution in [0.3, 0.4) is 0 Å². The third kappa shape index (κ3) is 1.97. The van der Waals surface area contributed by atoms with Crippen molar-refractivity contribution >= 4 is 35.8 Å². The van der Waals surface area contributed by atoms with Gasteiger partial charge in [0, 0.05) is 5.56 Å². The fraction of sp³-hybridized carbons (Fsp3) is 0. The molecule has 17 heavy (non-hydrogen) atoms. The van der Waals surface area contributed by atoms with Crippen LogP contribution >= 0.6 is 23.2 Å². The Balaban J connectivity index is 2.73. The van der Waals surface area contributed by atoms with Gasteiger partial charge >= 0.3 is 0 Å². The van der Waals surface area contributed by atoms with Gasteiger partial charge in [-0.3, -0.25) is 9.59 Å². The summed E-state index contributed by atoms with van der Waals surface area (Å²) >= 11 is 11.9.